The van der Waals surface area contributed by atoms with E-state index in [0.29, 0.717) is 0 Å². The molecule has 1 aliphatic heterocycles. The molecule has 5 nitrogen and oxygen atoms in total. The Labute approximate surface area is 171 Å². The number of fused-ring (bicyclic) bond motifs is 3. The third kappa shape index (κ3) is 3.33. The third-order valence-corrected chi connectivity index (χ3v) is 5.71. The smallest absolute Gasteiger partial charge is 0.378 e. The molecule has 5 heteroatoms. The Morgan fingerprint density at radius 3 is 2.41 bits per heavy atom. The number of nitrogens with zero attached hydrogens (tertiary/aromatic N) is 1. The summed E-state index contributed by atoms with van der Waals surface area (Å²) in [6.45, 7) is 9.00. The molecule has 1 heterocycles. The largest absolute Gasteiger partial charge is 0.454 e. The van der Waals surface area contributed by atoms with Gasteiger partial charge in [-0.25, -0.2) is 9.86 Å². The van der Waals surface area contributed by atoms with E-state index in [9.17, 15) is 9.59 Å². The van der Waals surface area contributed by atoms with E-state index in [4.69, 9.17) is 9.57 Å². The van der Waals surface area contributed by atoms with Gasteiger partial charge in [-0.2, -0.15) is 0 Å². The highest BCUT2D eigenvalue weighted by Gasteiger charge is 2.61. The predicted molar refractivity (Wildman–Crippen MR) is 111 cm³/mol. The summed E-state index contributed by atoms with van der Waals surface area (Å²) >= 11 is 0. The molecule has 152 valence electrons. The molecule has 0 spiro atoms. The lowest BCUT2D eigenvalue weighted by molar-refractivity contribution is -0.171. The van der Waals surface area contributed by atoms with Gasteiger partial charge in [-0.15, -0.1) is 0 Å². The van der Waals surface area contributed by atoms with Crippen LogP contribution in [0, 0.1) is 6.92 Å². The number of anilines is 1. The second kappa shape index (κ2) is 6.70. The lowest BCUT2D eigenvalue weighted by atomic mass is 9.80. The van der Waals surface area contributed by atoms with Crippen molar-refractivity contribution in [1.29, 1.82) is 0 Å². The van der Waals surface area contributed by atoms with E-state index in [1.807, 2.05) is 54.5 Å². The highest BCUT2D eigenvalue weighted by molar-refractivity contribution is 6.37. The summed E-state index contributed by atoms with van der Waals surface area (Å²) in [4.78, 5) is 32.3. The fourth-order valence-electron chi connectivity index (χ4n) is 4.43. The number of hydrogen-bond acceptors (Lipinski definition) is 5. The van der Waals surface area contributed by atoms with Crippen LogP contribution in [0.5, 0.6) is 0 Å². The molecule has 0 bridgehead atoms. The molecule has 0 unspecified atom stereocenters. The highest BCUT2D eigenvalue weighted by Crippen LogP contribution is 2.52. The van der Waals surface area contributed by atoms with Gasteiger partial charge in [0.1, 0.15) is 5.60 Å². The number of hydroxylamine groups is 1. The topological polar surface area (TPSA) is 55.8 Å². The maximum absolute atomic E-state index is 13.3. The molecule has 2 aromatic rings. The van der Waals surface area contributed by atoms with Gasteiger partial charge in [-0.05, 0) is 64.3 Å². The summed E-state index contributed by atoms with van der Waals surface area (Å²) in [6, 6.07) is 16.0. The molecule has 0 saturated carbocycles. The number of carbonyl (C=O) groups excluding carboxylic acids is 2. The van der Waals surface area contributed by atoms with Crippen LogP contribution in [-0.2, 0) is 25.6 Å². The van der Waals surface area contributed by atoms with Crippen molar-refractivity contribution in [2.24, 2.45) is 0 Å². The molecule has 2 aromatic carbocycles. The van der Waals surface area contributed by atoms with Gasteiger partial charge in [-0.3, -0.25) is 9.63 Å². The molecule has 2 aliphatic rings. The first-order chi connectivity index (χ1) is 13.6. The fourth-order valence-corrected chi connectivity index (χ4v) is 4.43. The lowest BCUT2D eigenvalue weighted by Crippen LogP contribution is -2.47. The van der Waals surface area contributed by atoms with Crippen LogP contribution >= 0.6 is 0 Å². The monoisotopic (exact) mass is 393 g/mol. The van der Waals surface area contributed by atoms with Crippen LogP contribution in [-0.4, -0.2) is 29.0 Å². The van der Waals surface area contributed by atoms with E-state index < -0.39 is 23.0 Å². The van der Waals surface area contributed by atoms with Crippen LogP contribution in [0.3, 0.4) is 0 Å². The number of carbonyl (C=O) groups is 2. The van der Waals surface area contributed by atoms with Gasteiger partial charge in [0.25, 0.3) is 5.78 Å². The SMILES string of the molecule is Cc1ccc(N2O[C@@](C)(C(=O)C(=O)OC(C)(C)C)[C@@H]3c4ccccc4C[C@@H]32)cc1. The van der Waals surface area contributed by atoms with Crippen molar-refractivity contribution in [2.75, 3.05) is 5.06 Å². The molecule has 3 atom stereocenters. The first-order valence-electron chi connectivity index (χ1n) is 10.0. The van der Waals surface area contributed by atoms with Crippen molar-refractivity contribution in [3.63, 3.8) is 0 Å². The maximum Gasteiger partial charge on any atom is 0.378 e. The van der Waals surface area contributed by atoms with Gasteiger partial charge in [0.2, 0.25) is 0 Å². The van der Waals surface area contributed by atoms with Crippen LogP contribution < -0.4 is 5.06 Å². The summed E-state index contributed by atoms with van der Waals surface area (Å²) in [5.41, 5.74) is 2.19. The van der Waals surface area contributed by atoms with Crippen LogP contribution in [0.1, 0.15) is 50.3 Å². The van der Waals surface area contributed by atoms with Crippen molar-refractivity contribution in [3.05, 3.63) is 65.2 Å². The average molecular weight is 393 g/mol. The number of Topliss-reactive ketones (excluding diaryl/α,β-unsaturated/α-hetero) is 1. The molecule has 0 aromatic heterocycles. The zero-order valence-electron chi connectivity index (χ0n) is 17.6. The van der Waals surface area contributed by atoms with Crippen LogP contribution in [0.25, 0.3) is 0 Å². The first-order valence-corrected chi connectivity index (χ1v) is 10.0. The van der Waals surface area contributed by atoms with Crippen LogP contribution in [0.2, 0.25) is 0 Å². The number of ether oxygens (including phenoxy) is 1. The number of rotatable bonds is 3. The van der Waals surface area contributed by atoms with Crippen molar-refractivity contribution in [3.8, 4) is 0 Å². The van der Waals surface area contributed by atoms with Crippen LogP contribution in [0.4, 0.5) is 5.69 Å². The van der Waals surface area contributed by atoms with E-state index in [1.54, 1.807) is 27.7 Å². The Morgan fingerprint density at radius 1 is 1.10 bits per heavy atom. The standard InChI is InChI=1S/C24H27NO4/c1-15-10-12-17(13-11-15)25-19-14-16-8-6-7-9-18(16)20(19)24(5,29-25)21(26)22(27)28-23(2,3)4/h6-13,19-20H,14H2,1-5H3/t19-,20+,24+/m0/s1. The lowest BCUT2D eigenvalue weighted by Gasteiger charge is -2.29. The number of ketones is 1. The van der Waals surface area contributed by atoms with Gasteiger partial charge in [0.15, 0.2) is 5.60 Å². The Kier molecular flexibility index (Phi) is 4.54. The van der Waals surface area contributed by atoms with E-state index in [2.05, 4.69) is 6.07 Å². The summed E-state index contributed by atoms with van der Waals surface area (Å²) in [5, 5.41) is 1.81. The molecule has 0 amide bonds. The third-order valence-electron chi connectivity index (χ3n) is 5.71. The molecule has 1 aliphatic carbocycles. The van der Waals surface area contributed by atoms with Crippen molar-refractivity contribution in [1.82, 2.24) is 0 Å². The molecule has 4 rings (SSSR count). The van der Waals surface area contributed by atoms with Gasteiger partial charge >= 0.3 is 5.97 Å². The quantitative estimate of drug-likeness (QED) is 0.580. The summed E-state index contributed by atoms with van der Waals surface area (Å²) in [7, 11) is 0. The molecule has 1 saturated heterocycles. The fraction of sp³-hybridized carbons (Fsp3) is 0.417. The molecule has 1 fully saturated rings. The number of hydrogen-bond donors (Lipinski definition) is 0. The van der Waals surface area contributed by atoms with Crippen molar-refractivity contribution >= 4 is 17.4 Å². The average Bonchev–Trinajstić information content (AvgIpc) is 3.17. The van der Waals surface area contributed by atoms with Crippen LogP contribution in [0.15, 0.2) is 48.5 Å². The van der Waals surface area contributed by atoms with Crippen molar-refractivity contribution < 1.29 is 19.2 Å². The Morgan fingerprint density at radius 2 is 1.76 bits per heavy atom. The zero-order valence-corrected chi connectivity index (χ0v) is 17.6. The van der Waals surface area contributed by atoms with E-state index >= 15 is 0 Å². The normalized spacial score (nSPS) is 25.5. The highest BCUT2D eigenvalue weighted by atomic mass is 16.7. The minimum Gasteiger partial charge on any atom is -0.454 e. The summed E-state index contributed by atoms with van der Waals surface area (Å²) < 4.78 is 5.38. The van der Waals surface area contributed by atoms with Gasteiger partial charge in [-0.1, -0.05) is 42.0 Å². The number of benzene rings is 2. The maximum atomic E-state index is 13.3. The number of aryl methyl sites for hydroxylation is 1. The second-order valence-corrected chi connectivity index (χ2v) is 9.14. The second-order valence-electron chi connectivity index (χ2n) is 9.14. The molecule has 29 heavy (non-hydrogen) atoms. The molecular weight excluding hydrogens is 366 g/mol. The minimum atomic E-state index is -1.33. The summed E-state index contributed by atoms with van der Waals surface area (Å²) in [5.74, 6) is -1.75. The first kappa shape index (κ1) is 19.6. The predicted octanol–water partition coefficient (Wildman–Crippen LogP) is 4.12. The van der Waals surface area contributed by atoms with Gasteiger partial charge in [0.05, 0.1) is 11.7 Å². The van der Waals surface area contributed by atoms with E-state index in [0.717, 1.165) is 23.2 Å². The van der Waals surface area contributed by atoms with Gasteiger partial charge in [0, 0.05) is 5.92 Å². The summed E-state index contributed by atoms with van der Waals surface area (Å²) in [6.07, 6.45) is 0.756. The minimum absolute atomic E-state index is 0.0634. The Balaban J connectivity index is 1.75. The molecule has 0 N–H and O–H groups in total. The van der Waals surface area contributed by atoms with Crippen molar-refractivity contribution in [2.45, 2.75) is 64.2 Å². The zero-order chi connectivity index (χ0) is 21.0. The number of esters is 1. The van der Waals surface area contributed by atoms with E-state index in [-0.39, 0.29) is 12.0 Å². The Bertz CT molecular complexity index is 960. The Hall–Kier alpha value is -2.66. The molecular formula is C24H27NO4. The molecule has 0 radical (unpaired) electrons. The van der Waals surface area contributed by atoms with E-state index in [1.165, 1.54) is 5.56 Å². The van der Waals surface area contributed by atoms with Gasteiger partial charge < -0.3 is 4.74 Å².